The van der Waals surface area contributed by atoms with E-state index < -0.39 is 16.5 Å². The van der Waals surface area contributed by atoms with E-state index in [0.29, 0.717) is 35.1 Å². The van der Waals surface area contributed by atoms with Gasteiger partial charge in [0.05, 0.1) is 19.6 Å². The highest BCUT2D eigenvalue weighted by molar-refractivity contribution is 6.25. The highest BCUT2D eigenvalue weighted by atomic mass is 16.9. The van der Waals surface area contributed by atoms with E-state index in [0.717, 1.165) is 0 Å². The predicted molar refractivity (Wildman–Crippen MR) is 92.6 cm³/mol. The molecule has 0 spiro atoms. The molecule has 1 aliphatic rings. The maximum Gasteiger partial charge on any atom is 0.306 e. The van der Waals surface area contributed by atoms with Crippen LogP contribution in [0.4, 0.5) is 0 Å². The van der Waals surface area contributed by atoms with Gasteiger partial charge in [-0.3, -0.25) is 14.4 Å². The number of carbonyl (C=O) groups is 3. The molecule has 0 aromatic rings. The molecule has 144 valence electrons. The van der Waals surface area contributed by atoms with Crippen LogP contribution in [0.3, 0.4) is 0 Å². The average Bonchev–Trinajstić information content (AvgIpc) is 2.53. The van der Waals surface area contributed by atoms with Gasteiger partial charge in [0.15, 0.2) is 11.6 Å². The van der Waals surface area contributed by atoms with E-state index in [-0.39, 0.29) is 31.2 Å². The molecule has 0 aromatic carbocycles. The van der Waals surface area contributed by atoms with Gasteiger partial charge in [-0.15, -0.1) is 10.1 Å². The lowest BCUT2D eigenvalue weighted by atomic mass is 9.71. The summed E-state index contributed by atoms with van der Waals surface area (Å²) >= 11 is 0. The van der Waals surface area contributed by atoms with Gasteiger partial charge in [-0.25, -0.2) is 0 Å². The molecule has 0 bridgehead atoms. The molecule has 0 atom stereocenters. The quantitative estimate of drug-likeness (QED) is 0.202. The van der Waals surface area contributed by atoms with Crippen LogP contribution in [-0.2, 0) is 24.0 Å². The second-order valence-electron chi connectivity index (χ2n) is 6.95. The molecule has 0 aliphatic heterocycles. The highest BCUT2D eigenvalue weighted by Gasteiger charge is 2.38. The van der Waals surface area contributed by atoms with E-state index in [4.69, 9.17) is 4.74 Å². The number of hydrogen-bond acceptors (Lipinski definition) is 7. The maximum atomic E-state index is 12.6. The topological polar surface area (TPSA) is 113 Å². The first-order valence-corrected chi connectivity index (χ1v) is 8.40. The van der Waals surface area contributed by atoms with Gasteiger partial charge in [0, 0.05) is 27.7 Å². The summed E-state index contributed by atoms with van der Waals surface area (Å²) in [6, 6.07) is 0. The number of ether oxygens (including phenoxy) is 1. The number of ketones is 2. The van der Waals surface area contributed by atoms with Crippen molar-refractivity contribution in [1.82, 2.24) is 0 Å². The van der Waals surface area contributed by atoms with Crippen molar-refractivity contribution in [3.63, 3.8) is 0 Å². The Balaban J connectivity index is 2.65. The van der Waals surface area contributed by atoms with Crippen LogP contribution in [0, 0.1) is 15.5 Å². The van der Waals surface area contributed by atoms with Crippen LogP contribution in [0.25, 0.3) is 0 Å². The molecule has 0 heterocycles. The molecule has 0 aromatic heterocycles. The predicted octanol–water partition coefficient (Wildman–Crippen LogP) is 2.74. The number of esters is 1. The van der Waals surface area contributed by atoms with E-state index in [1.165, 1.54) is 0 Å². The third-order valence-electron chi connectivity index (χ3n) is 4.45. The van der Waals surface area contributed by atoms with Gasteiger partial charge in [-0.05, 0) is 33.6 Å². The second-order valence-corrected chi connectivity index (χ2v) is 6.95. The summed E-state index contributed by atoms with van der Waals surface area (Å²) in [5.41, 5.74) is 0.717. The molecule has 0 amide bonds. The molecule has 1 rings (SSSR count). The Morgan fingerprint density at radius 1 is 1.00 bits per heavy atom. The number of nitrogens with zero attached hydrogens (tertiary/aromatic N) is 1. The first-order valence-electron chi connectivity index (χ1n) is 8.40. The summed E-state index contributed by atoms with van der Waals surface area (Å²) < 4.78 is 5.13. The molecule has 0 radical (unpaired) electrons. The Labute approximate surface area is 152 Å². The third kappa shape index (κ3) is 5.24. The van der Waals surface area contributed by atoms with Gasteiger partial charge in [-0.2, -0.15) is 0 Å². The minimum Gasteiger partial charge on any atom is -0.466 e. The van der Waals surface area contributed by atoms with Gasteiger partial charge in [0.25, 0.3) is 5.09 Å². The monoisotopic (exact) mass is 367 g/mol. The molecule has 26 heavy (non-hydrogen) atoms. The van der Waals surface area contributed by atoms with Crippen LogP contribution in [0.15, 0.2) is 22.3 Å². The van der Waals surface area contributed by atoms with Crippen molar-refractivity contribution in [2.75, 3.05) is 13.2 Å². The number of Topliss-reactive ketones (excluding diaryl/α,β-unsaturated/α-hetero) is 2. The van der Waals surface area contributed by atoms with E-state index in [1.807, 2.05) is 0 Å². The molecule has 0 fully saturated rings. The molecule has 0 saturated heterocycles. The van der Waals surface area contributed by atoms with Crippen molar-refractivity contribution < 1.29 is 29.0 Å². The number of hydrogen-bond donors (Lipinski definition) is 0. The van der Waals surface area contributed by atoms with Gasteiger partial charge in [0.2, 0.25) is 0 Å². The summed E-state index contributed by atoms with van der Waals surface area (Å²) in [6.45, 7) is 8.37. The average molecular weight is 367 g/mol. The standard InChI is InChI=1S/C18H25NO7/c1-11-12(2)17(22)15(13(3)16(11)21)18(4,5)10-14(20)25-8-6-7-9-26-19(23)24/h6-10H2,1-5H3. The van der Waals surface area contributed by atoms with Crippen molar-refractivity contribution >= 4 is 17.5 Å². The molecule has 0 saturated carbocycles. The van der Waals surface area contributed by atoms with Crippen molar-refractivity contribution in [1.29, 1.82) is 0 Å². The first kappa shape index (κ1) is 21.5. The van der Waals surface area contributed by atoms with Crippen LogP contribution >= 0.6 is 0 Å². The van der Waals surface area contributed by atoms with E-state index in [2.05, 4.69) is 4.84 Å². The summed E-state index contributed by atoms with van der Waals surface area (Å²) in [4.78, 5) is 51.2. The Morgan fingerprint density at radius 2 is 1.54 bits per heavy atom. The normalized spacial score (nSPS) is 15.4. The molecule has 8 nitrogen and oxygen atoms in total. The van der Waals surface area contributed by atoms with Gasteiger partial charge in [-0.1, -0.05) is 13.8 Å². The molecule has 1 aliphatic carbocycles. The second kappa shape index (κ2) is 8.73. The summed E-state index contributed by atoms with van der Waals surface area (Å²) in [5.74, 6) is -0.881. The number of unbranched alkanes of at least 4 members (excludes halogenated alkanes) is 1. The first-order chi connectivity index (χ1) is 12.0. The van der Waals surface area contributed by atoms with Crippen molar-refractivity contribution in [2.24, 2.45) is 5.41 Å². The van der Waals surface area contributed by atoms with Crippen molar-refractivity contribution in [3.8, 4) is 0 Å². The maximum absolute atomic E-state index is 12.6. The van der Waals surface area contributed by atoms with Gasteiger partial charge < -0.3 is 9.57 Å². The molecule has 0 N–H and O–H groups in total. The minimum atomic E-state index is -0.870. The van der Waals surface area contributed by atoms with E-state index >= 15 is 0 Å². The molecular formula is C18H25NO7. The lowest BCUT2D eigenvalue weighted by molar-refractivity contribution is -0.757. The van der Waals surface area contributed by atoms with E-state index in [9.17, 15) is 24.5 Å². The Kier molecular flexibility index (Phi) is 7.23. The molecule has 0 unspecified atom stereocenters. The molecular weight excluding hydrogens is 342 g/mol. The smallest absolute Gasteiger partial charge is 0.306 e. The number of carbonyl (C=O) groups excluding carboxylic acids is 3. The summed E-state index contributed by atoms with van der Waals surface area (Å²) in [6.07, 6.45) is 0.773. The zero-order valence-electron chi connectivity index (χ0n) is 15.8. The number of rotatable bonds is 9. The van der Waals surface area contributed by atoms with Crippen LogP contribution in [0.5, 0.6) is 0 Å². The fourth-order valence-electron chi connectivity index (χ4n) is 2.94. The summed E-state index contributed by atoms with van der Waals surface area (Å²) in [5, 5.41) is 9.14. The Bertz CT molecular complexity index is 686. The largest absolute Gasteiger partial charge is 0.466 e. The zero-order chi connectivity index (χ0) is 20.1. The fraction of sp³-hybridized carbons (Fsp3) is 0.611. The zero-order valence-corrected chi connectivity index (χ0v) is 15.8. The number of allylic oxidation sites excluding steroid dienone is 4. The SMILES string of the molecule is CC1=C(C)C(=O)C(C(C)(C)CC(=O)OCCCCO[N+](=O)[O-])=C(C)C1=O. The Morgan fingerprint density at radius 3 is 2.12 bits per heavy atom. The summed E-state index contributed by atoms with van der Waals surface area (Å²) in [7, 11) is 0. The van der Waals surface area contributed by atoms with Crippen LogP contribution < -0.4 is 0 Å². The van der Waals surface area contributed by atoms with Gasteiger partial charge in [0.1, 0.15) is 0 Å². The van der Waals surface area contributed by atoms with Crippen LogP contribution in [-0.4, -0.2) is 35.8 Å². The van der Waals surface area contributed by atoms with Crippen molar-refractivity contribution in [3.05, 3.63) is 32.4 Å². The lowest BCUT2D eigenvalue weighted by Gasteiger charge is -2.31. The van der Waals surface area contributed by atoms with Crippen LogP contribution in [0.2, 0.25) is 0 Å². The lowest BCUT2D eigenvalue weighted by Crippen LogP contribution is -2.32. The highest BCUT2D eigenvalue weighted by Crippen LogP contribution is 2.38. The van der Waals surface area contributed by atoms with Crippen LogP contribution in [0.1, 0.15) is 53.9 Å². The fourth-order valence-corrected chi connectivity index (χ4v) is 2.94. The van der Waals surface area contributed by atoms with E-state index in [1.54, 1.807) is 34.6 Å². The molecule has 8 heteroatoms. The third-order valence-corrected chi connectivity index (χ3v) is 4.45. The van der Waals surface area contributed by atoms with Gasteiger partial charge >= 0.3 is 5.97 Å². The van der Waals surface area contributed by atoms with Crippen molar-refractivity contribution in [2.45, 2.75) is 53.9 Å². The Hall–Kier alpha value is -2.51. The minimum absolute atomic E-state index is 0.0452.